The van der Waals surface area contributed by atoms with Gasteiger partial charge < -0.3 is 10.3 Å². The molecular weight excluding hydrogens is 351 g/mol. The molecule has 9 nitrogen and oxygen atoms in total. The van der Waals surface area contributed by atoms with Crippen molar-refractivity contribution in [3.8, 4) is 0 Å². The predicted molar refractivity (Wildman–Crippen MR) is 87.3 cm³/mol. The van der Waals surface area contributed by atoms with Gasteiger partial charge in [0.2, 0.25) is 0 Å². The zero-order valence-electron chi connectivity index (χ0n) is 12.1. The zero-order valence-corrected chi connectivity index (χ0v) is 15.0. The molecule has 22 heavy (non-hydrogen) atoms. The second-order valence-corrected chi connectivity index (χ2v) is 13.2. The van der Waals surface area contributed by atoms with Gasteiger partial charge in [-0.25, -0.2) is 23.9 Å². The zero-order chi connectivity index (χ0) is 16.4. The molecule has 0 saturated heterocycles. The van der Waals surface area contributed by atoms with Crippen LogP contribution in [0.3, 0.4) is 0 Å². The summed E-state index contributed by atoms with van der Waals surface area (Å²) in [6.45, 7) is -2.44. The molecule has 124 valence electrons. The lowest BCUT2D eigenvalue weighted by Crippen LogP contribution is -2.22. The second kappa shape index (κ2) is 10.2. The molecule has 2 N–H and O–H groups in total. The molecule has 1 aromatic heterocycles. The van der Waals surface area contributed by atoms with Crippen LogP contribution in [0.15, 0.2) is 29.2 Å². The maximum Gasteiger partial charge on any atom is 0.349 e. The summed E-state index contributed by atoms with van der Waals surface area (Å²) in [4.78, 5) is 24.1. The van der Waals surface area contributed by atoms with Crippen molar-refractivity contribution in [2.75, 3.05) is 26.1 Å². The van der Waals surface area contributed by atoms with Crippen LogP contribution in [0, 0.1) is 0 Å². The molecule has 0 spiro atoms. The minimum absolute atomic E-state index is 0.172. The fourth-order valence-electron chi connectivity index (χ4n) is 1.28. The topological polar surface area (TPSA) is 115 Å². The molecule has 0 fully saturated rings. The van der Waals surface area contributed by atoms with Crippen LogP contribution < -0.4 is 11.4 Å². The van der Waals surface area contributed by atoms with Gasteiger partial charge in [-0.3, -0.25) is 4.57 Å². The molecule has 0 radical (unpaired) electrons. The predicted octanol–water partition coefficient (Wildman–Crippen LogP) is 1.92. The van der Waals surface area contributed by atoms with Gasteiger partial charge in [-0.15, -0.1) is 0 Å². The number of allylic oxidation sites excluding steroid dienone is 2. The van der Waals surface area contributed by atoms with Crippen LogP contribution >= 0.6 is 23.5 Å². The number of hydrogen-bond acceptors (Lipinski definition) is 8. The largest absolute Gasteiger partial charge is 0.383 e. The standard InChI is InChI=1S/C10H18N3O6P3/c1-16-18-20-22(15,21-19-17-2)8-4-3-6-13-7-5-9(11)12-10(13)14/h3-5,7,20-21H,6,8H2,1-2H3,(H2,11,12,14)/b4-3+. The van der Waals surface area contributed by atoms with E-state index in [1.165, 1.54) is 24.9 Å². The van der Waals surface area contributed by atoms with Gasteiger partial charge in [0.15, 0.2) is 6.52 Å². The molecule has 1 aromatic rings. The number of rotatable bonds is 10. The Morgan fingerprint density at radius 2 is 1.95 bits per heavy atom. The summed E-state index contributed by atoms with van der Waals surface area (Å²) in [5, 5.41) is 0. The number of anilines is 1. The van der Waals surface area contributed by atoms with Gasteiger partial charge in [0.05, 0.1) is 14.2 Å². The smallest absolute Gasteiger partial charge is 0.349 e. The summed E-state index contributed by atoms with van der Waals surface area (Å²) >= 11 is 0. The van der Waals surface area contributed by atoms with E-state index >= 15 is 0 Å². The molecule has 0 amide bonds. The summed E-state index contributed by atoms with van der Waals surface area (Å²) in [6, 6.07) is 1.53. The Labute approximate surface area is 130 Å². The van der Waals surface area contributed by atoms with Crippen molar-refractivity contribution in [2.45, 2.75) is 6.54 Å². The highest BCUT2D eigenvalue weighted by Crippen LogP contribution is 2.77. The van der Waals surface area contributed by atoms with Crippen molar-refractivity contribution in [2.24, 2.45) is 0 Å². The van der Waals surface area contributed by atoms with Gasteiger partial charge in [-0.2, -0.15) is 4.98 Å². The number of aromatic nitrogens is 2. The van der Waals surface area contributed by atoms with Crippen LogP contribution in [-0.4, -0.2) is 29.9 Å². The van der Waals surface area contributed by atoms with Crippen LogP contribution in [-0.2, 0) is 30.2 Å². The Hall–Kier alpha value is -0.650. The Balaban J connectivity index is 2.59. The first kappa shape index (κ1) is 19.4. The van der Waals surface area contributed by atoms with Crippen LogP contribution in [0.4, 0.5) is 5.82 Å². The quantitative estimate of drug-likeness (QED) is 0.288. The van der Waals surface area contributed by atoms with Gasteiger partial charge in [0.1, 0.15) is 22.8 Å². The SMILES string of the molecule is COOPP(=O)(C/C=C/Cn1ccc(N)nc1=O)POOC. The van der Waals surface area contributed by atoms with E-state index in [0.29, 0.717) is 6.54 Å². The Kier molecular flexibility index (Phi) is 8.98. The average molecular weight is 369 g/mol. The van der Waals surface area contributed by atoms with Gasteiger partial charge in [-0.1, -0.05) is 12.2 Å². The first-order chi connectivity index (χ1) is 10.5. The minimum Gasteiger partial charge on any atom is -0.383 e. The average Bonchev–Trinajstić information content (AvgIpc) is 2.49. The number of nitrogens with two attached hydrogens (primary N) is 1. The lowest BCUT2D eigenvalue weighted by atomic mass is 10.5. The molecule has 0 aliphatic rings. The Bertz CT molecular complexity index is 582. The molecule has 12 heteroatoms. The maximum absolute atomic E-state index is 12.5. The van der Waals surface area contributed by atoms with Crippen molar-refractivity contribution in [1.82, 2.24) is 9.55 Å². The highest BCUT2D eigenvalue weighted by molar-refractivity contribution is 8.53. The van der Waals surface area contributed by atoms with E-state index < -0.39 is 12.2 Å². The molecular formula is C10H18N3O6P3. The molecule has 0 bridgehead atoms. The van der Waals surface area contributed by atoms with Crippen LogP contribution in [0.1, 0.15) is 0 Å². The van der Waals surface area contributed by atoms with E-state index in [1.54, 1.807) is 18.3 Å². The third-order valence-electron chi connectivity index (χ3n) is 2.26. The highest BCUT2D eigenvalue weighted by atomic mass is 32.5. The van der Waals surface area contributed by atoms with Gasteiger partial charge in [-0.05, 0) is 6.07 Å². The van der Waals surface area contributed by atoms with E-state index in [2.05, 4.69) is 14.8 Å². The van der Waals surface area contributed by atoms with Crippen molar-refractivity contribution < 1.29 is 23.7 Å². The number of nitrogens with zero attached hydrogens (tertiary/aromatic N) is 2. The van der Waals surface area contributed by atoms with E-state index in [9.17, 15) is 9.36 Å². The lowest BCUT2D eigenvalue weighted by Gasteiger charge is -2.13. The number of nitrogen functional groups attached to an aromatic ring is 1. The number of hydrogen-bond donors (Lipinski definition) is 1. The summed E-state index contributed by atoms with van der Waals surface area (Å²) in [6.07, 6.45) is 5.19. The van der Waals surface area contributed by atoms with Crippen LogP contribution in [0.5, 0.6) is 0 Å². The molecule has 0 aliphatic heterocycles. The van der Waals surface area contributed by atoms with E-state index in [1.807, 2.05) is 0 Å². The fraction of sp³-hybridized carbons (Fsp3) is 0.400. The van der Waals surface area contributed by atoms with E-state index in [0.717, 1.165) is 0 Å². The molecule has 0 saturated carbocycles. The fourth-order valence-corrected chi connectivity index (χ4v) is 5.67. The monoisotopic (exact) mass is 369 g/mol. The Morgan fingerprint density at radius 1 is 1.32 bits per heavy atom. The molecule has 0 aromatic carbocycles. The third-order valence-corrected chi connectivity index (χ3v) is 9.02. The normalized spacial score (nSPS) is 15.4. The Morgan fingerprint density at radius 3 is 2.50 bits per heavy atom. The van der Waals surface area contributed by atoms with Crippen molar-refractivity contribution in [3.05, 3.63) is 34.9 Å². The second-order valence-electron chi connectivity index (χ2n) is 3.86. The molecule has 1 heterocycles. The first-order valence-corrected chi connectivity index (χ1v) is 11.4. The van der Waals surface area contributed by atoms with Gasteiger partial charge in [0, 0.05) is 18.9 Å². The molecule has 2 unspecified atom stereocenters. The summed E-state index contributed by atoms with van der Waals surface area (Å²) in [5.74, 6) is 0.172. The minimum atomic E-state index is -2.74. The first-order valence-electron chi connectivity index (χ1n) is 6.01. The van der Waals surface area contributed by atoms with Crippen molar-refractivity contribution in [1.29, 1.82) is 0 Å². The van der Waals surface area contributed by atoms with Crippen LogP contribution in [0.25, 0.3) is 0 Å². The van der Waals surface area contributed by atoms with E-state index in [-0.39, 0.29) is 29.0 Å². The molecule has 2 atom stereocenters. The summed E-state index contributed by atoms with van der Waals surface area (Å²) in [7, 11) is 1.99. The third kappa shape index (κ3) is 7.07. The van der Waals surface area contributed by atoms with Gasteiger partial charge in [0.25, 0.3) is 0 Å². The van der Waals surface area contributed by atoms with E-state index in [4.69, 9.17) is 15.1 Å². The highest BCUT2D eigenvalue weighted by Gasteiger charge is 2.23. The molecule has 0 aliphatic carbocycles. The summed E-state index contributed by atoms with van der Waals surface area (Å²) in [5.41, 5.74) is 4.96. The van der Waals surface area contributed by atoms with Crippen molar-refractivity contribution >= 4 is 29.3 Å². The summed E-state index contributed by atoms with van der Waals surface area (Å²) < 4.78 is 23.4. The lowest BCUT2D eigenvalue weighted by molar-refractivity contribution is -0.165. The molecule has 1 rings (SSSR count). The van der Waals surface area contributed by atoms with Crippen molar-refractivity contribution in [3.63, 3.8) is 0 Å². The van der Waals surface area contributed by atoms with Crippen LogP contribution in [0.2, 0.25) is 0 Å². The van der Waals surface area contributed by atoms with Gasteiger partial charge >= 0.3 is 5.69 Å². The maximum atomic E-state index is 12.5.